The van der Waals surface area contributed by atoms with Gasteiger partial charge in [-0.05, 0) is 29.2 Å². The van der Waals surface area contributed by atoms with Gasteiger partial charge in [-0.2, -0.15) is 0 Å². The van der Waals surface area contributed by atoms with Gasteiger partial charge in [-0.1, -0.05) is 42.5 Å². The maximum absolute atomic E-state index is 9.88. The summed E-state index contributed by atoms with van der Waals surface area (Å²) in [6.07, 6.45) is 1.76. The van der Waals surface area contributed by atoms with Crippen LogP contribution in [0.25, 0.3) is 10.8 Å². The van der Waals surface area contributed by atoms with Crippen LogP contribution < -0.4 is 0 Å². The molecule has 0 unspecified atom stereocenters. The van der Waals surface area contributed by atoms with E-state index >= 15 is 0 Å². The zero-order valence-electron chi connectivity index (χ0n) is 8.98. The van der Waals surface area contributed by atoms with Gasteiger partial charge in [0.15, 0.2) is 0 Å². The minimum atomic E-state index is 0.437. The summed E-state index contributed by atoms with van der Waals surface area (Å²) < 4.78 is 4.56. The quantitative estimate of drug-likeness (QED) is 0.714. The molecule has 2 rings (SSSR count). The second kappa shape index (κ2) is 5.31. The highest BCUT2D eigenvalue weighted by molar-refractivity contribution is 5.85. The highest BCUT2D eigenvalue weighted by Gasteiger charge is 1.99. The molecule has 2 aromatic rings. The summed E-state index contributed by atoms with van der Waals surface area (Å²) in [6.45, 7) is 1.88. The lowest BCUT2D eigenvalue weighted by Gasteiger charge is -2.05. The summed E-state index contributed by atoms with van der Waals surface area (Å²) in [5.74, 6) is 0. The molecule has 0 aliphatic heterocycles. The zero-order chi connectivity index (χ0) is 11.2. The van der Waals surface area contributed by atoms with Gasteiger partial charge in [0.25, 0.3) is 0 Å². The molecule has 0 saturated carbocycles. The van der Waals surface area contributed by atoms with Crippen LogP contribution in [0.3, 0.4) is 0 Å². The van der Waals surface area contributed by atoms with Crippen molar-refractivity contribution in [1.29, 1.82) is 0 Å². The molecule has 81 valence electrons. The predicted octanol–water partition coefficient (Wildman–Crippen LogP) is 2.86. The minimum Gasteiger partial charge on any atom is -0.457 e. The topological polar surface area (TPSA) is 26.3 Å². The van der Waals surface area contributed by atoms with E-state index in [1.54, 1.807) is 0 Å². The van der Waals surface area contributed by atoms with Crippen LogP contribution in [-0.4, -0.2) is 13.1 Å². The molecule has 2 nitrogen and oxygen atoms in total. The Balaban J connectivity index is 2.14. The highest BCUT2D eigenvalue weighted by Crippen LogP contribution is 2.19. The molecule has 0 N–H and O–H groups in total. The molecule has 0 saturated heterocycles. The summed E-state index contributed by atoms with van der Waals surface area (Å²) in [6, 6.07) is 14.6. The van der Waals surface area contributed by atoms with E-state index < -0.39 is 0 Å². The van der Waals surface area contributed by atoms with Gasteiger partial charge in [-0.25, -0.2) is 4.79 Å². The summed E-state index contributed by atoms with van der Waals surface area (Å²) in [7, 11) is 0. The average molecular weight is 213 g/mol. The van der Waals surface area contributed by atoms with E-state index in [-0.39, 0.29) is 0 Å². The molecule has 2 heteroatoms. The average Bonchev–Trinajstić information content (AvgIpc) is 2.35. The Labute approximate surface area is 94.8 Å². The van der Waals surface area contributed by atoms with Crippen molar-refractivity contribution in [3.05, 3.63) is 48.0 Å². The van der Waals surface area contributed by atoms with Gasteiger partial charge in [-0.15, -0.1) is 0 Å². The molecule has 0 heterocycles. The molecule has 0 fully saturated rings. The molecule has 2 aromatic carbocycles. The molecule has 0 atom stereocenters. The molecular formula is C14H13O2. The Hall–Kier alpha value is -1.83. The number of carbonyl (C=O) groups excluding carboxylic acids is 1. The van der Waals surface area contributed by atoms with Crippen LogP contribution in [0.4, 0.5) is 0 Å². The fourth-order valence-corrected chi connectivity index (χ4v) is 1.89. The standard InChI is InChI=1S/C14H13O2/c15-11-16-10-4-8-13-7-3-6-12-5-1-2-9-14(12)13/h1-3,5-7,9H,4,8,10H2. The molecule has 0 aromatic heterocycles. The van der Waals surface area contributed by atoms with E-state index in [1.165, 1.54) is 22.8 Å². The predicted molar refractivity (Wildman–Crippen MR) is 63.9 cm³/mol. The third kappa shape index (κ3) is 2.40. The van der Waals surface area contributed by atoms with E-state index in [1.807, 2.05) is 12.1 Å². The van der Waals surface area contributed by atoms with E-state index in [2.05, 4.69) is 35.1 Å². The maximum Gasteiger partial charge on any atom is 0.417 e. The fourth-order valence-electron chi connectivity index (χ4n) is 1.89. The lowest BCUT2D eigenvalue weighted by molar-refractivity contribution is 0.273. The molecule has 0 aliphatic rings. The zero-order valence-corrected chi connectivity index (χ0v) is 8.98. The molecular weight excluding hydrogens is 200 g/mol. The van der Waals surface area contributed by atoms with Crippen LogP contribution in [-0.2, 0) is 16.0 Å². The van der Waals surface area contributed by atoms with E-state index in [9.17, 15) is 4.79 Å². The number of ether oxygens (including phenoxy) is 1. The van der Waals surface area contributed by atoms with Gasteiger partial charge in [0, 0.05) is 0 Å². The summed E-state index contributed by atoms with van der Waals surface area (Å²) in [5, 5.41) is 2.53. The van der Waals surface area contributed by atoms with Gasteiger partial charge in [0.2, 0.25) is 0 Å². The molecule has 16 heavy (non-hydrogen) atoms. The second-order valence-corrected chi connectivity index (χ2v) is 3.67. The molecule has 1 radical (unpaired) electrons. The number of aryl methyl sites for hydroxylation is 1. The van der Waals surface area contributed by atoms with Crippen molar-refractivity contribution in [2.24, 2.45) is 0 Å². The molecule has 0 spiro atoms. The summed E-state index contributed by atoms with van der Waals surface area (Å²) in [5.41, 5.74) is 1.30. The Kier molecular flexibility index (Phi) is 3.54. The van der Waals surface area contributed by atoms with Crippen molar-refractivity contribution in [3.8, 4) is 0 Å². The number of benzene rings is 2. The smallest absolute Gasteiger partial charge is 0.417 e. The number of hydrogen-bond acceptors (Lipinski definition) is 2. The highest BCUT2D eigenvalue weighted by atomic mass is 16.5. The summed E-state index contributed by atoms with van der Waals surface area (Å²) in [4.78, 5) is 9.88. The van der Waals surface area contributed by atoms with Crippen molar-refractivity contribution in [2.75, 3.05) is 6.61 Å². The van der Waals surface area contributed by atoms with Gasteiger partial charge in [0.05, 0.1) is 6.61 Å². The van der Waals surface area contributed by atoms with Crippen LogP contribution in [0.2, 0.25) is 0 Å². The van der Waals surface area contributed by atoms with E-state index in [4.69, 9.17) is 0 Å². The Morgan fingerprint density at radius 2 is 1.88 bits per heavy atom. The minimum absolute atomic E-state index is 0.437. The number of hydrogen-bond donors (Lipinski definition) is 0. The van der Waals surface area contributed by atoms with Gasteiger partial charge < -0.3 is 4.74 Å². The Bertz CT molecular complexity index is 472. The Morgan fingerprint density at radius 1 is 1.06 bits per heavy atom. The normalized spacial score (nSPS) is 10.2. The monoisotopic (exact) mass is 213 g/mol. The van der Waals surface area contributed by atoms with E-state index in [0.29, 0.717) is 6.61 Å². The molecule has 0 amide bonds. The second-order valence-electron chi connectivity index (χ2n) is 3.67. The van der Waals surface area contributed by atoms with Gasteiger partial charge in [-0.3, -0.25) is 0 Å². The summed E-state index contributed by atoms with van der Waals surface area (Å²) >= 11 is 0. The third-order valence-electron chi connectivity index (χ3n) is 2.63. The third-order valence-corrected chi connectivity index (χ3v) is 2.63. The number of fused-ring (bicyclic) bond motifs is 1. The maximum atomic E-state index is 9.88. The van der Waals surface area contributed by atoms with Crippen molar-refractivity contribution >= 4 is 17.2 Å². The SMILES string of the molecule is O=[C]OCCCc1cccc2ccccc12. The fraction of sp³-hybridized carbons (Fsp3) is 0.214. The van der Waals surface area contributed by atoms with E-state index in [0.717, 1.165) is 12.8 Å². The van der Waals surface area contributed by atoms with Crippen LogP contribution >= 0.6 is 0 Å². The lowest BCUT2D eigenvalue weighted by atomic mass is 10.0. The first-order valence-electron chi connectivity index (χ1n) is 5.37. The molecule has 0 aliphatic carbocycles. The number of rotatable bonds is 5. The van der Waals surface area contributed by atoms with Crippen molar-refractivity contribution in [1.82, 2.24) is 0 Å². The Morgan fingerprint density at radius 3 is 2.75 bits per heavy atom. The molecule has 0 bridgehead atoms. The van der Waals surface area contributed by atoms with Gasteiger partial charge in [0.1, 0.15) is 0 Å². The van der Waals surface area contributed by atoms with Crippen molar-refractivity contribution in [2.45, 2.75) is 12.8 Å². The van der Waals surface area contributed by atoms with Crippen LogP contribution in [0.15, 0.2) is 42.5 Å². The van der Waals surface area contributed by atoms with Crippen molar-refractivity contribution < 1.29 is 9.53 Å². The first-order valence-corrected chi connectivity index (χ1v) is 5.37. The lowest BCUT2D eigenvalue weighted by Crippen LogP contribution is -1.95. The van der Waals surface area contributed by atoms with Gasteiger partial charge >= 0.3 is 6.47 Å². The van der Waals surface area contributed by atoms with Crippen molar-refractivity contribution in [3.63, 3.8) is 0 Å². The first kappa shape index (κ1) is 10.7. The van der Waals surface area contributed by atoms with Crippen LogP contribution in [0, 0.1) is 0 Å². The van der Waals surface area contributed by atoms with Crippen LogP contribution in [0.1, 0.15) is 12.0 Å². The van der Waals surface area contributed by atoms with Crippen LogP contribution in [0.5, 0.6) is 0 Å². The largest absolute Gasteiger partial charge is 0.457 e. The first-order chi connectivity index (χ1) is 7.92.